The quantitative estimate of drug-likeness (QED) is 0.443. The van der Waals surface area contributed by atoms with Crippen LogP contribution < -0.4 is 15.4 Å². The molecule has 0 saturated heterocycles. The lowest BCUT2D eigenvalue weighted by atomic mass is 10.1. The van der Waals surface area contributed by atoms with Gasteiger partial charge in [0.1, 0.15) is 5.75 Å². The summed E-state index contributed by atoms with van der Waals surface area (Å²) < 4.78 is 6.37. The number of hydrogen-bond donors (Lipinski definition) is 2. The van der Waals surface area contributed by atoms with E-state index in [-0.39, 0.29) is 11.8 Å². The first-order valence-electron chi connectivity index (χ1n) is 9.23. The van der Waals surface area contributed by atoms with E-state index in [9.17, 15) is 9.59 Å². The fourth-order valence-corrected chi connectivity index (χ4v) is 3.50. The summed E-state index contributed by atoms with van der Waals surface area (Å²) in [4.78, 5) is 24.8. The number of carbonyl (C=O) groups excluding carboxylic acids is 2. The molecule has 0 saturated carbocycles. The van der Waals surface area contributed by atoms with Crippen LogP contribution in [0.1, 0.15) is 22.8 Å². The molecule has 3 rings (SSSR count). The van der Waals surface area contributed by atoms with Gasteiger partial charge in [0.25, 0.3) is 11.8 Å². The molecular formula is C23H20BrClN2O3. The number of ether oxygens (including phenoxy) is 1. The molecule has 7 heteroatoms. The lowest BCUT2D eigenvalue weighted by molar-refractivity contribution is -0.122. The zero-order valence-electron chi connectivity index (χ0n) is 16.4. The van der Waals surface area contributed by atoms with Gasteiger partial charge in [-0.3, -0.25) is 9.59 Å². The van der Waals surface area contributed by atoms with Gasteiger partial charge in [0.2, 0.25) is 0 Å². The second-order valence-electron chi connectivity index (χ2n) is 6.67. The lowest BCUT2D eigenvalue weighted by Gasteiger charge is -2.16. The molecule has 2 N–H and O–H groups in total. The van der Waals surface area contributed by atoms with E-state index in [2.05, 4.69) is 26.6 Å². The van der Waals surface area contributed by atoms with Gasteiger partial charge in [-0.2, -0.15) is 0 Å². The van der Waals surface area contributed by atoms with Crippen LogP contribution in [0, 0.1) is 6.92 Å². The lowest BCUT2D eigenvalue weighted by Crippen LogP contribution is -2.30. The van der Waals surface area contributed by atoms with Crippen LogP contribution in [-0.4, -0.2) is 17.9 Å². The Morgan fingerprint density at radius 1 is 0.967 bits per heavy atom. The number of amides is 2. The van der Waals surface area contributed by atoms with Gasteiger partial charge < -0.3 is 15.4 Å². The maximum atomic E-state index is 12.4. The van der Waals surface area contributed by atoms with E-state index in [0.717, 1.165) is 5.56 Å². The van der Waals surface area contributed by atoms with Crippen molar-refractivity contribution in [2.45, 2.75) is 20.0 Å². The Balaban J connectivity index is 1.58. The molecule has 0 aliphatic carbocycles. The van der Waals surface area contributed by atoms with Gasteiger partial charge in [0, 0.05) is 22.0 Å². The van der Waals surface area contributed by atoms with Gasteiger partial charge in [-0.15, -0.1) is 0 Å². The summed E-state index contributed by atoms with van der Waals surface area (Å²) in [6.45, 7) is 3.55. The van der Waals surface area contributed by atoms with Crippen molar-refractivity contribution in [2.75, 3.05) is 10.6 Å². The smallest absolute Gasteiger partial charge is 0.265 e. The maximum Gasteiger partial charge on any atom is 0.265 e. The van der Waals surface area contributed by atoms with Crippen molar-refractivity contribution < 1.29 is 14.3 Å². The summed E-state index contributed by atoms with van der Waals surface area (Å²) in [7, 11) is 0. The van der Waals surface area contributed by atoms with Gasteiger partial charge >= 0.3 is 0 Å². The molecule has 1 unspecified atom stereocenters. The minimum absolute atomic E-state index is 0.180. The highest BCUT2D eigenvalue weighted by atomic mass is 79.9. The van der Waals surface area contributed by atoms with Crippen LogP contribution in [0.4, 0.5) is 11.4 Å². The van der Waals surface area contributed by atoms with Crippen LogP contribution in [0.25, 0.3) is 0 Å². The van der Waals surface area contributed by atoms with Gasteiger partial charge in [0.05, 0.1) is 4.47 Å². The SMILES string of the molecule is Cc1ccccc1C(=O)Nc1ccc(NC(=O)C(C)Oc2ccc(Cl)cc2Br)cc1. The molecule has 1 atom stereocenters. The Labute approximate surface area is 188 Å². The molecule has 3 aromatic rings. The monoisotopic (exact) mass is 486 g/mol. The summed E-state index contributed by atoms with van der Waals surface area (Å²) in [6.07, 6.45) is -0.720. The second kappa shape index (κ2) is 9.78. The first-order chi connectivity index (χ1) is 14.3. The summed E-state index contributed by atoms with van der Waals surface area (Å²) >= 11 is 9.28. The molecule has 5 nitrogen and oxygen atoms in total. The number of aryl methyl sites for hydroxylation is 1. The summed E-state index contributed by atoms with van der Waals surface area (Å²) in [5, 5.41) is 6.22. The van der Waals surface area contributed by atoms with Crippen molar-refractivity contribution in [3.8, 4) is 5.75 Å². The van der Waals surface area contributed by atoms with Crippen molar-refractivity contribution >= 4 is 50.7 Å². The zero-order valence-corrected chi connectivity index (χ0v) is 18.8. The van der Waals surface area contributed by atoms with E-state index < -0.39 is 6.10 Å². The van der Waals surface area contributed by atoms with Crippen LogP contribution in [0.2, 0.25) is 5.02 Å². The molecule has 30 heavy (non-hydrogen) atoms. The summed E-state index contributed by atoms with van der Waals surface area (Å²) in [5.41, 5.74) is 2.75. The number of hydrogen-bond acceptors (Lipinski definition) is 3. The second-order valence-corrected chi connectivity index (χ2v) is 7.96. The van der Waals surface area contributed by atoms with Gasteiger partial charge in [-0.25, -0.2) is 0 Å². The van der Waals surface area contributed by atoms with E-state index in [1.807, 2.05) is 25.1 Å². The highest BCUT2D eigenvalue weighted by Crippen LogP contribution is 2.29. The van der Waals surface area contributed by atoms with E-state index in [0.29, 0.717) is 32.2 Å². The first kappa shape index (κ1) is 21.9. The van der Waals surface area contributed by atoms with Crippen molar-refractivity contribution in [1.29, 1.82) is 0 Å². The minimum atomic E-state index is -0.720. The van der Waals surface area contributed by atoms with Gasteiger partial charge in [-0.1, -0.05) is 29.8 Å². The third-order valence-corrected chi connectivity index (χ3v) is 5.22. The Morgan fingerprint density at radius 3 is 2.23 bits per heavy atom. The molecule has 154 valence electrons. The third kappa shape index (κ3) is 5.62. The summed E-state index contributed by atoms with van der Waals surface area (Å²) in [5.74, 6) is 0.0466. The Kier molecular flexibility index (Phi) is 7.13. The predicted molar refractivity (Wildman–Crippen MR) is 123 cm³/mol. The fraction of sp³-hybridized carbons (Fsp3) is 0.130. The third-order valence-electron chi connectivity index (χ3n) is 4.37. The first-order valence-corrected chi connectivity index (χ1v) is 10.4. The van der Waals surface area contributed by atoms with E-state index in [4.69, 9.17) is 16.3 Å². The van der Waals surface area contributed by atoms with E-state index >= 15 is 0 Å². The average molecular weight is 488 g/mol. The fourth-order valence-electron chi connectivity index (χ4n) is 2.72. The van der Waals surface area contributed by atoms with Gasteiger partial charge in [0.15, 0.2) is 6.10 Å². The number of benzene rings is 3. The number of halogens is 2. The van der Waals surface area contributed by atoms with Crippen LogP contribution >= 0.6 is 27.5 Å². The maximum absolute atomic E-state index is 12.4. The Bertz CT molecular complexity index is 1070. The number of anilines is 2. The van der Waals surface area contributed by atoms with Crippen molar-refractivity contribution in [3.63, 3.8) is 0 Å². The molecule has 0 aliphatic rings. The molecule has 0 aliphatic heterocycles. The molecule has 0 fully saturated rings. The molecule has 2 amide bonds. The number of nitrogens with one attached hydrogen (secondary N) is 2. The van der Waals surface area contributed by atoms with Crippen LogP contribution in [0.15, 0.2) is 71.2 Å². The van der Waals surface area contributed by atoms with E-state index in [1.165, 1.54) is 0 Å². The van der Waals surface area contributed by atoms with Crippen LogP contribution in [0.3, 0.4) is 0 Å². The highest BCUT2D eigenvalue weighted by Gasteiger charge is 2.16. The molecule has 0 bridgehead atoms. The molecule has 0 radical (unpaired) electrons. The molecule has 0 heterocycles. The van der Waals surface area contributed by atoms with Crippen molar-refractivity contribution in [2.24, 2.45) is 0 Å². The van der Waals surface area contributed by atoms with Crippen molar-refractivity contribution in [1.82, 2.24) is 0 Å². The summed E-state index contributed by atoms with van der Waals surface area (Å²) in [6, 6.07) is 19.4. The normalized spacial score (nSPS) is 11.5. The largest absolute Gasteiger partial charge is 0.480 e. The van der Waals surface area contributed by atoms with Crippen LogP contribution in [-0.2, 0) is 4.79 Å². The Morgan fingerprint density at radius 2 is 1.60 bits per heavy atom. The topological polar surface area (TPSA) is 67.4 Å². The van der Waals surface area contributed by atoms with Gasteiger partial charge in [-0.05, 0) is 83.9 Å². The van der Waals surface area contributed by atoms with E-state index in [1.54, 1.807) is 55.5 Å². The predicted octanol–water partition coefficient (Wildman–Crippen LogP) is 6.07. The van der Waals surface area contributed by atoms with Crippen LogP contribution in [0.5, 0.6) is 5.75 Å². The molecule has 3 aromatic carbocycles. The average Bonchev–Trinajstić information content (AvgIpc) is 2.71. The standard InChI is InChI=1S/C23H20BrClN2O3/c1-14-5-3-4-6-19(14)23(29)27-18-10-8-17(9-11-18)26-22(28)15(2)30-21-12-7-16(25)13-20(21)24/h3-13,15H,1-2H3,(H,26,28)(H,27,29). The van der Waals surface area contributed by atoms with Crippen molar-refractivity contribution in [3.05, 3.63) is 87.4 Å². The Hall–Kier alpha value is -2.83. The minimum Gasteiger partial charge on any atom is -0.480 e. The molecule has 0 aromatic heterocycles. The number of rotatable bonds is 6. The highest BCUT2D eigenvalue weighted by molar-refractivity contribution is 9.10. The number of carbonyl (C=O) groups is 2. The zero-order chi connectivity index (χ0) is 21.7. The molecular weight excluding hydrogens is 468 g/mol. The molecule has 0 spiro atoms.